The van der Waals surface area contributed by atoms with Crippen molar-refractivity contribution in [3.05, 3.63) is 24.3 Å². The lowest BCUT2D eigenvalue weighted by Gasteiger charge is -2.48. The fourth-order valence-electron chi connectivity index (χ4n) is 11.9. The van der Waals surface area contributed by atoms with Crippen LogP contribution >= 0.6 is 0 Å². The molecule has 17 atom stereocenters. The maximum atomic E-state index is 13.2. The van der Waals surface area contributed by atoms with E-state index in [0.29, 0.717) is 19.3 Å². The molecule has 1 amide bonds. The third-order valence-corrected chi connectivity index (χ3v) is 17.5. The van der Waals surface area contributed by atoms with E-state index in [-0.39, 0.29) is 18.9 Å². The lowest BCUT2D eigenvalue weighted by molar-refractivity contribution is -0.379. The number of ether oxygens (including phenoxy) is 6. The van der Waals surface area contributed by atoms with Crippen LogP contribution in [-0.2, 0) is 33.2 Å². The number of rotatable bonds is 53. The van der Waals surface area contributed by atoms with E-state index >= 15 is 0 Å². The molecule has 17 unspecified atom stereocenters. The molecule has 3 heterocycles. The maximum absolute atomic E-state index is 13.2. The molecule has 0 radical (unpaired) electrons. The van der Waals surface area contributed by atoms with Gasteiger partial charge in [-0.25, -0.2) is 0 Å². The van der Waals surface area contributed by atoms with Crippen LogP contribution in [0.15, 0.2) is 24.3 Å². The van der Waals surface area contributed by atoms with Crippen molar-refractivity contribution in [2.75, 3.05) is 26.4 Å². The van der Waals surface area contributed by atoms with E-state index in [1.807, 2.05) is 0 Å². The van der Waals surface area contributed by atoms with Crippen LogP contribution in [0.5, 0.6) is 0 Å². The van der Waals surface area contributed by atoms with E-state index in [1.54, 1.807) is 0 Å². The quantitative estimate of drug-likeness (QED) is 0.0200. The number of nitrogens with one attached hydrogen (secondary N) is 1. The first-order chi connectivity index (χ1) is 41.8. The van der Waals surface area contributed by atoms with Gasteiger partial charge in [0.15, 0.2) is 18.9 Å². The summed E-state index contributed by atoms with van der Waals surface area (Å²) >= 11 is 0. The second kappa shape index (κ2) is 49.9. The molecular formula is C67H125NO18. The van der Waals surface area contributed by atoms with Crippen molar-refractivity contribution in [2.45, 2.75) is 369 Å². The first-order valence-electron chi connectivity index (χ1n) is 34.6. The minimum atomic E-state index is -1.97. The van der Waals surface area contributed by atoms with Gasteiger partial charge in [-0.2, -0.15) is 0 Å². The van der Waals surface area contributed by atoms with Crippen LogP contribution in [0.1, 0.15) is 264 Å². The van der Waals surface area contributed by atoms with Crippen molar-refractivity contribution >= 4 is 5.91 Å². The highest BCUT2D eigenvalue weighted by atomic mass is 16.8. The predicted molar refractivity (Wildman–Crippen MR) is 333 cm³/mol. The third-order valence-electron chi connectivity index (χ3n) is 17.5. The van der Waals surface area contributed by atoms with Crippen molar-refractivity contribution in [2.24, 2.45) is 0 Å². The molecule has 506 valence electrons. The first kappa shape index (κ1) is 78.5. The molecule has 12 N–H and O–H groups in total. The number of allylic oxidation sites excluding steroid dienone is 4. The summed E-state index contributed by atoms with van der Waals surface area (Å²) in [6.07, 6.45) is 29.8. The summed E-state index contributed by atoms with van der Waals surface area (Å²) in [6.45, 7) is 1.65. The van der Waals surface area contributed by atoms with Gasteiger partial charge in [0, 0.05) is 6.42 Å². The van der Waals surface area contributed by atoms with Crippen molar-refractivity contribution < 1.29 is 89.4 Å². The highest BCUT2D eigenvalue weighted by Crippen LogP contribution is 2.33. The number of aliphatic hydroxyl groups excluding tert-OH is 11. The van der Waals surface area contributed by atoms with Gasteiger partial charge in [-0.15, -0.1) is 0 Å². The van der Waals surface area contributed by atoms with Gasteiger partial charge in [-0.05, 0) is 44.9 Å². The average Bonchev–Trinajstić information content (AvgIpc) is 1.41. The summed E-state index contributed by atoms with van der Waals surface area (Å²) in [7, 11) is 0. The highest BCUT2D eigenvalue weighted by molar-refractivity contribution is 5.76. The largest absolute Gasteiger partial charge is 0.394 e. The first-order valence-corrected chi connectivity index (χ1v) is 34.6. The molecule has 0 bridgehead atoms. The Morgan fingerprint density at radius 2 is 0.767 bits per heavy atom. The molecule has 3 saturated heterocycles. The molecule has 0 aromatic carbocycles. The summed E-state index contributed by atoms with van der Waals surface area (Å²) in [4.78, 5) is 13.2. The van der Waals surface area contributed by atoms with Gasteiger partial charge in [0.2, 0.25) is 5.91 Å². The Balaban J connectivity index is 1.21. The SMILES string of the molecule is CCCCCCC/C=C\C/C=C\CCCCCCCCCCCCCCCCCCCCCCCCCCCC(=O)NC(COC1OC(CO)C(OC2OC(CO)C(OC3OC(CO)C(O)C(O)C3O)C(O)C2O)C(O)C1O)C(O)CCCCCC. The molecule has 0 aromatic heterocycles. The Morgan fingerprint density at radius 3 is 1.19 bits per heavy atom. The fraction of sp³-hybridized carbons (Fsp3) is 0.925. The van der Waals surface area contributed by atoms with Crippen molar-refractivity contribution in [1.82, 2.24) is 5.32 Å². The summed E-state index contributed by atoms with van der Waals surface area (Å²) < 4.78 is 34.1. The van der Waals surface area contributed by atoms with Gasteiger partial charge in [0.05, 0.1) is 38.6 Å². The summed E-state index contributed by atoms with van der Waals surface area (Å²) in [6, 6.07) is -0.879. The summed E-state index contributed by atoms with van der Waals surface area (Å²) in [5, 5.41) is 120. The number of aliphatic hydroxyl groups is 11. The molecule has 19 heteroatoms. The Morgan fingerprint density at radius 1 is 0.419 bits per heavy atom. The molecule has 3 fully saturated rings. The van der Waals surface area contributed by atoms with Gasteiger partial charge >= 0.3 is 0 Å². The van der Waals surface area contributed by atoms with E-state index in [1.165, 1.54) is 180 Å². The molecule has 0 aliphatic carbocycles. The van der Waals surface area contributed by atoms with Crippen molar-refractivity contribution in [3.8, 4) is 0 Å². The topological polar surface area (TPSA) is 307 Å². The van der Waals surface area contributed by atoms with E-state index in [2.05, 4.69) is 43.5 Å². The summed E-state index contributed by atoms with van der Waals surface area (Å²) in [5.74, 6) is -0.248. The van der Waals surface area contributed by atoms with Crippen LogP contribution < -0.4 is 5.32 Å². The number of amides is 1. The van der Waals surface area contributed by atoms with Gasteiger partial charge in [0.1, 0.15) is 73.2 Å². The highest BCUT2D eigenvalue weighted by Gasteiger charge is 2.53. The minimum absolute atomic E-state index is 0.248. The van der Waals surface area contributed by atoms with E-state index in [4.69, 9.17) is 28.4 Å². The number of carbonyl (C=O) groups is 1. The number of hydrogen-bond acceptors (Lipinski definition) is 18. The van der Waals surface area contributed by atoms with Crippen LogP contribution in [0.25, 0.3) is 0 Å². The molecule has 0 saturated carbocycles. The molecule has 0 spiro atoms. The van der Waals surface area contributed by atoms with Gasteiger partial charge in [0.25, 0.3) is 0 Å². The van der Waals surface area contributed by atoms with E-state index < -0.39 is 124 Å². The zero-order valence-electron chi connectivity index (χ0n) is 53.3. The van der Waals surface area contributed by atoms with Crippen LogP contribution in [0, 0.1) is 0 Å². The number of unbranched alkanes of at least 4 members (excludes halogenated alkanes) is 33. The van der Waals surface area contributed by atoms with Crippen molar-refractivity contribution in [1.29, 1.82) is 0 Å². The van der Waals surface area contributed by atoms with Crippen molar-refractivity contribution in [3.63, 3.8) is 0 Å². The molecule has 19 nitrogen and oxygen atoms in total. The number of carbonyl (C=O) groups excluding carboxylic acids is 1. The molecule has 86 heavy (non-hydrogen) atoms. The Labute approximate surface area is 518 Å². The molecule has 0 aromatic rings. The second-order valence-corrected chi connectivity index (χ2v) is 25.0. The lowest BCUT2D eigenvalue weighted by atomic mass is 9.96. The van der Waals surface area contributed by atoms with Gasteiger partial charge in [-0.3, -0.25) is 4.79 Å². The zero-order valence-corrected chi connectivity index (χ0v) is 53.3. The van der Waals surface area contributed by atoms with Crippen LogP contribution in [0.4, 0.5) is 0 Å². The third kappa shape index (κ3) is 32.0. The van der Waals surface area contributed by atoms with Gasteiger partial charge < -0.3 is 89.9 Å². The zero-order chi connectivity index (χ0) is 62.6. The average molecular weight is 1230 g/mol. The second-order valence-electron chi connectivity index (χ2n) is 25.0. The Bertz CT molecular complexity index is 1660. The molecule has 3 rings (SSSR count). The van der Waals surface area contributed by atoms with E-state index in [0.717, 1.165) is 44.9 Å². The lowest BCUT2D eigenvalue weighted by Crippen LogP contribution is -2.66. The normalized spacial score (nSPS) is 28.9. The van der Waals surface area contributed by atoms with Crippen LogP contribution in [0.2, 0.25) is 0 Å². The fourth-order valence-corrected chi connectivity index (χ4v) is 11.9. The van der Waals surface area contributed by atoms with Crippen LogP contribution in [0.3, 0.4) is 0 Å². The molecule has 3 aliphatic heterocycles. The van der Waals surface area contributed by atoms with Gasteiger partial charge in [-0.1, -0.05) is 237 Å². The van der Waals surface area contributed by atoms with Crippen LogP contribution in [-0.4, -0.2) is 193 Å². The molecular weight excluding hydrogens is 1110 g/mol. The molecule has 3 aliphatic rings. The monoisotopic (exact) mass is 1230 g/mol. The summed E-state index contributed by atoms with van der Waals surface area (Å²) in [5.41, 5.74) is 0. The maximum Gasteiger partial charge on any atom is 0.220 e. The number of hydrogen-bond donors (Lipinski definition) is 12. The Hall–Kier alpha value is -1.73. The predicted octanol–water partition coefficient (Wildman–Crippen LogP) is 8.66. The minimum Gasteiger partial charge on any atom is -0.394 e. The standard InChI is InChI=1S/C67H125NO18/c1-3-5-7-9-10-11-12-13-14-15-16-17-18-19-20-21-22-23-24-25-26-27-28-29-30-31-32-33-34-35-36-37-38-39-40-41-43-45-55(73)68-50(51(72)44-42-8-6-4-2)49-81-65-61(79)58(76)63(53(47-70)83-65)86-67-62(80)59(77)64(54(48-71)84-67)85-66-60(78)57(75)56(74)52(46-69)82-66/h12-13,15-16,50-54,56-67,69-72,74-80H,3-11,14,17-49H2,1-2H3,(H,68,73)/b13-12-,16-15-. The Kier molecular flexibility index (Phi) is 45.6. The van der Waals surface area contributed by atoms with E-state index in [9.17, 15) is 61.0 Å². The smallest absolute Gasteiger partial charge is 0.220 e.